The lowest BCUT2D eigenvalue weighted by Gasteiger charge is -2.28. The lowest BCUT2D eigenvalue weighted by Crippen LogP contribution is -2.29. The summed E-state index contributed by atoms with van der Waals surface area (Å²) in [6, 6.07) is 5.85. The Balaban J connectivity index is 2.26. The maximum absolute atomic E-state index is 13.4. The van der Waals surface area contributed by atoms with Crippen LogP contribution in [0.4, 0.5) is 4.39 Å². The quantitative estimate of drug-likeness (QED) is 0.888. The predicted octanol–water partition coefficient (Wildman–Crippen LogP) is 3.58. The molecule has 2 unspecified atom stereocenters. The van der Waals surface area contributed by atoms with Gasteiger partial charge in [-0.25, -0.2) is 4.39 Å². The molecule has 19 heavy (non-hydrogen) atoms. The Labute approximate surface area is 123 Å². The summed E-state index contributed by atoms with van der Waals surface area (Å²) in [4.78, 5) is 2.53. The third-order valence-corrected chi connectivity index (χ3v) is 4.50. The average Bonchev–Trinajstić information content (AvgIpc) is 2.77. The topological polar surface area (TPSA) is 15.3 Å². The van der Waals surface area contributed by atoms with Gasteiger partial charge in [-0.2, -0.15) is 0 Å². The van der Waals surface area contributed by atoms with Crippen LogP contribution in [0.5, 0.6) is 0 Å². The molecule has 0 bridgehead atoms. The highest BCUT2D eigenvalue weighted by Crippen LogP contribution is 2.38. The Morgan fingerprint density at radius 3 is 2.89 bits per heavy atom. The number of rotatable bonds is 5. The van der Waals surface area contributed by atoms with Crippen molar-refractivity contribution in [3.63, 3.8) is 0 Å². The number of hydrogen-bond acceptors (Lipinski definition) is 2. The molecule has 0 aliphatic carbocycles. The molecule has 2 atom stereocenters. The predicted molar refractivity (Wildman–Crippen MR) is 80.7 cm³/mol. The van der Waals surface area contributed by atoms with Crippen molar-refractivity contribution in [2.75, 3.05) is 26.7 Å². The van der Waals surface area contributed by atoms with Crippen LogP contribution in [0.15, 0.2) is 22.7 Å². The summed E-state index contributed by atoms with van der Waals surface area (Å²) in [5, 5.41) is 3.29. The largest absolute Gasteiger partial charge is 0.319 e. The van der Waals surface area contributed by atoms with Crippen molar-refractivity contribution in [2.45, 2.75) is 25.8 Å². The molecule has 0 radical (unpaired) electrons. The number of likely N-dealkylation sites (tertiary alicyclic amines) is 1. The first kappa shape index (κ1) is 14.9. The van der Waals surface area contributed by atoms with Crippen molar-refractivity contribution in [1.29, 1.82) is 0 Å². The Morgan fingerprint density at radius 1 is 1.47 bits per heavy atom. The Hall–Kier alpha value is -0.450. The van der Waals surface area contributed by atoms with Gasteiger partial charge in [0.05, 0.1) is 4.47 Å². The minimum absolute atomic E-state index is 0.186. The van der Waals surface area contributed by atoms with Crippen LogP contribution in [0.3, 0.4) is 0 Å². The van der Waals surface area contributed by atoms with Crippen LogP contribution < -0.4 is 5.32 Å². The average molecular weight is 329 g/mol. The van der Waals surface area contributed by atoms with E-state index in [9.17, 15) is 4.39 Å². The smallest absolute Gasteiger partial charge is 0.137 e. The molecule has 106 valence electrons. The molecule has 1 aromatic carbocycles. The van der Waals surface area contributed by atoms with E-state index in [0.29, 0.717) is 16.4 Å². The molecule has 2 rings (SSSR count). The van der Waals surface area contributed by atoms with Crippen molar-refractivity contribution in [1.82, 2.24) is 10.2 Å². The van der Waals surface area contributed by atoms with Gasteiger partial charge in [0.1, 0.15) is 5.82 Å². The second-order valence-electron chi connectivity index (χ2n) is 5.26. The van der Waals surface area contributed by atoms with Gasteiger partial charge in [-0.1, -0.05) is 13.0 Å². The second-order valence-corrected chi connectivity index (χ2v) is 6.12. The van der Waals surface area contributed by atoms with Crippen molar-refractivity contribution in [3.8, 4) is 0 Å². The molecular formula is C15H22BrFN2. The summed E-state index contributed by atoms with van der Waals surface area (Å²) in [5.74, 6) is 0.419. The van der Waals surface area contributed by atoms with E-state index in [-0.39, 0.29) is 5.82 Å². The van der Waals surface area contributed by atoms with E-state index in [1.54, 1.807) is 6.07 Å². The molecule has 0 amide bonds. The normalized spacial score (nSPS) is 24.0. The SMILES string of the molecule is CCCN1CCC(CNC)C1c1ccc(F)c(Br)c1. The number of benzene rings is 1. The molecule has 1 fully saturated rings. The van der Waals surface area contributed by atoms with E-state index in [1.807, 2.05) is 19.2 Å². The molecule has 1 aromatic rings. The number of nitrogens with zero attached hydrogens (tertiary/aromatic N) is 1. The van der Waals surface area contributed by atoms with E-state index < -0.39 is 0 Å². The molecule has 4 heteroatoms. The van der Waals surface area contributed by atoms with E-state index in [1.165, 1.54) is 12.0 Å². The first-order valence-electron chi connectivity index (χ1n) is 7.01. The summed E-state index contributed by atoms with van der Waals surface area (Å²) < 4.78 is 14.0. The van der Waals surface area contributed by atoms with Crippen LogP contribution in [-0.4, -0.2) is 31.6 Å². The van der Waals surface area contributed by atoms with Crippen LogP contribution >= 0.6 is 15.9 Å². The van der Waals surface area contributed by atoms with Gasteiger partial charge in [-0.3, -0.25) is 4.90 Å². The number of hydrogen-bond donors (Lipinski definition) is 1. The van der Waals surface area contributed by atoms with Gasteiger partial charge in [0.2, 0.25) is 0 Å². The van der Waals surface area contributed by atoms with E-state index in [4.69, 9.17) is 0 Å². The van der Waals surface area contributed by atoms with Crippen molar-refractivity contribution < 1.29 is 4.39 Å². The molecule has 1 saturated heterocycles. The molecule has 0 saturated carbocycles. The highest BCUT2D eigenvalue weighted by Gasteiger charge is 2.34. The van der Waals surface area contributed by atoms with Gasteiger partial charge < -0.3 is 5.32 Å². The highest BCUT2D eigenvalue weighted by molar-refractivity contribution is 9.10. The van der Waals surface area contributed by atoms with Crippen LogP contribution in [0, 0.1) is 11.7 Å². The molecule has 1 N–H and O–H groups in total. The molecule has 0 aromatic heterocycles. The first-order valence-corrected chi connectivity index (χ1v) is 7.80. The van der Waals surface area contributed by atoms with Gasteiger partial charge in [-0.15, -0.1) is 0 Å². The lowest BCUT2D eigenvalue weighted by atomic mass is 9.93. The minimum Gasteiger partial charge on any atom is -0.319 e. The summed E-state index contributed by atoms with van der Waals surface area (Å²) in [5.41, 5.74) is 1.22. The van der Waals surface area contributed by atoms with Crippen molar-refractivity contribution >= 4 is 15.9 Å². The fourth-order valence-electron chi connectivity index (χ4n) is 3.12. The number of nitrogens with one attached hydrogen (secondary N) is 1. The summed E-state index contributed by atoms with van der Waals surface area (Å²) >= 11 is 3.30. The van der Waals surface area contributed by atoms with Gasteiger partial charge in [0.15, 0.2) is 0 Å². The highest BCUT2D eigenvalue weighted by atomic mass is 79.9. The molecule has 1 heterocycles. The van der Waals surface area contributed by atoms with Gasteiger partial charge in [-0.05, 0) is 79.1 Å². The Morgan fingerprint density at radius 2 is 2.26 bits per heavy atom. The van der Waals surface area contributed by atoms with Gasteiger partial charge >= 0.3 is 0 Å². The summed E-state index contributed by atoms with van der Waals surface area (Å²) in [6.45, 7) is 5.47. The zero-order valence-electron chi connectivity index (χ0n) is 11.6. The standard InChI is InChI=1S/C15H22BrFN2/c1-3-7-19-8-6-12(10-18-2)15(19)11-4-5-14(17)13(16)9-11/h4-5,9,12,15,18H,3,6-8,10H2,1-2H3. The summed E-state index contributed by atoms with van der Waals surface area (Å²) in [6.07, 6.45) is 2.37. The van der Waals surface area contributed by atoms with Gasteiger partial charge in [0.25, 0.3) is 0 Å². The monoisotopic (exact) mass is 328 g/mol. The van der Waals surface area contributed by atoms with E-state index >= 15 is 0 Å². The maximum Gasteiger partial charge on any atom is 0.137 e. The fraction of sp³-hybridized carbons (Fsp3) is 0.600. The third-order valence-electron chi connectivity index (χ3n) is 3.89. The summed E-state index contributed by atoms with van der Waals surface area (Å²) in [7, 11) is 2.00. The van der Waals surface area contributed by atoms with Crippen LogP contribution in [0.25, 0.3) is 0 Å². The second kappa shape index (κ2) is 6.82. The third kappa shape index (κ3) is 3.36. The minimum atomic E-state index is -0.186. The molecule has 2 nitrogen and oxygen atoms in total. The Bertz CT molecular complexity index is 411. The fourth-order valence-corrected chi connectivity index (χ4v) is 3.52. The molecular weight excluding hydrogens is 307 g/mol. The van der Waals surface area contributed by atoms with Crippen LogP contribution in [0.1, 0.15) is 31.4 Å². The van der Waals surface area contributed by atoms with Crippen LogP contribution in [0.2, 0.25) is 0 Å². The van der Waals surface area contributed by atoms with Crippen molar-refractivity contribution in [2.24, 2.45) is 5.92 Å². The van der Waals surface area contributed by atoms with E-state index in [2.05, 4.69) is 33.1 Å². The van der Waals surface area contributed by atoms with E-state index in [0.717, 1.165) is 26.1 Å². The van der Waals surface area contributed by atoms with Gasteiger partial charge in [0, 0.05) is 6.04 Å². The number of halogens is 2. The van der Waals surface area contributed by atoms with Crippen LogP contribution in [-0.2, 0) is 0 Å². The molecule has 1 aliphatic heterocycles. The Kier molecular flexibility index (Phi) is 5.37. The molecule has 0 spiro atoms. The first-order chi connectivity index (χ1) is 9.17. The zero-order valence-corrected chi connectivity index (χ0v) is 13.2. The zero-order chi connectivity index (χ0) is 13.8. The molecule has 1 aliphatic rings. The maximum atomic E-state index is 13.4. The lowest BCUT2D eigenvalue weighted by molar-refractivity contribution is 0.227. The van der Waals surface area contributed by atoms with Crippen molar-refractivity contribution in [3.05, 3.63) is 34.1 Å².